The van der Waals surface area contributed by atoms with E-state index >= 15 is 0 Å². The summed E-state index contributed by atoms with van der Waals surface area (Å²) in [6.45, 7) is 3.80. The number of nitrogens with one attached hydrogen (secondary N) is 2. The van der Waals surface area contributed by atoms with E-state index in [9.17, 15) is 9.59 Å². The number of morpholine rings is 1. The molecule has 0 spiro atoms. The second-order valence-corrected chi connectivity index (χ2v) is 5.86. The number of hydrogen-bond donors (Lipinski definition) is 2. The molecule has 1 aromatic rings. The molecule has 0 aliphatic carbocycles. The van der Waals surface area contributed by atoms with Crippen molar-refractivity contribution < 1.29 is 14.3 Å². The van der Waals surface area contributed by atoms with Crippen LogP contribution in [-0.4, -0.2) is 56.1 Å². The van der Waals surface area contributed by atoms with E-state index in [0.717, 1.165) is 30.6 Å². The maximum atomic E-state index is 12.4. The minimum absolute atomic E-state index is 0. The lowest BCUT2D eigenvalue weighted by atomic mass is 9.97. The molecule has 2 amide bonds. The summed E-state index contributed by atoms with van der Waals surface area (Å²) < 4.78 is 5.23. The predicted octanol–water partition coefficient (Wildman–Crippen LogP) is 1.45. The molecule has 0 unspecified atom stereocenters. The number of amides is 2. The summed E-state index contributed by atoms with van der Waals surface area (Å²) in [5.41, 5.74) is 2.84. The van der Waals surface area contributed by atoms with Crippen LogP contribution in [0.25, 0.3) is 0 Å². The Bertz CT molecular complexity index is 588. The maximum absolute atomic E-state index is 12.4. The van der Waals surface area contributed by atoms with Crippen LogP contribution in [0.4, 0.5) is 5.69 Å². The molecular formula is C17H24ClN3O3. The van der Waals surface area contributed by atoms with Gasteiger partial charge in [-0.25, -0.2) is 0 Å². The third-order valence-corrected chi connectivity index (χ3v) is 4.33. The fourth-order valence-corrected chi connectivity index (χ4v) is 3.07. The number of carbonyl (C=O) groups excluding carboxylic acids is 2. The Balaban J connectivity index is 0.00000208. The van der Waals surface area contributed by atoms with Crippen LogP contribution in [0.1, 0.15) is 28.8 Å². The van der Waals surface area contributed by atoms with E-state index in [0.29, 0.717) is 44.8 Å². The summed E-state index contributed by atoms with van der Waals surface area (Å²) in [5, 5.41) is 6.20. The molecule has 7 heteroatoms. The number of fused-ring (bicyclic) bond motifs is 1. The second-order valence-electron chi connectivity index (χ2n) is 5.86. The van der Waals surface area contributed by atoms with Gasteiger partial charge in [-0.2, -0.15) is 0 Å². The average molecular weight is 354 g/mol. The Morgan fingerprint density at radius 3 is 2.83 bits per heavy atom. The summed E-state index contributed by atoms with van der Waals surface area (Å²) in [7, 11) is 0. The zero-order valence-electron chi connectivity index (χ0n) is 13.7. The normalized spacial score (nSPS) is 16.4. The fraction of sp³-hybridized carbons (Fsp3) is 0.529. The first-order valence-electron chi connectivity index (χ1n) is 8.25. The van der Waals surface area contributed by atoms with E-state index in [4.69, 9.17) is 4.74 Å². The molecule has 1 saturated heterocycles. The zero-order valence-corrected chi connectivity index (χ0v) is 14.5. The number of rotatable bonds is 4. The molecule has 2 aliphatic rings. The van der Waals surface area contributed by atoms with Gasteiger partial charge in [0.15, 0.2) is 0 Å². The number of halogens is 1. The summed E-state index contributed by atoms with van der Waals surface area (Å²) in [4.78, 5) is 26.2. The van der Waals surface area contributed by atoms with Crippen molar-refractivity contribution in [1.29, 1.82) is 0 Å². The monoisotopic (exact) mass is 353 g/mol. The Morgan fingerprint density at radius 1 is 1.25 bits per heavy atom. The van der Waals surface area contributed by atoms with Crippen LogP contribution in [0.3, 0.4) is 0 Å². The zero-order chi connectivity index (χ0) is 16.1. The second kappa shape index (κ2) is 8.89. The molecule has 1 aromatic carbocycles. The van der Waals surface area contributed by atoms with Gasteiger partial charge in [-0.05, 0) is 30.5 Å². The molecule has 0 radical (unpaired) electrons. The Hall–Kier alpha value is -1.79. The lowest BCUT2D eigenvalue weighted by Crippen LogP contribution is -2.42. The van der Waals surface area contributed by atoms with E-state index < -0.39 is 0 Å². The topological polar surface area (TPSA) is 70.7 Å². The fourth-order valence-electron chi connectivity index (χ4n) is 3.07. The van der Waals surface area contributed by atoms with Crippen LogP contribution in [0.15, 0.2) is 18.2 Å². The quantitative estimate of drug-likeness (QED) is 0.859. The molecule has 3 rings (SSSR count). The first-order valence-corrected chi connectivity index (χ1v) is 8.25. The Kier molecular flexibility index (Phi) is 6.87. The van der Waals surface area contributed by atoms with Crippen molar-refractivity contribution in [2.45, 2.75) is 19.3 Å². The number of hydrogen-bond acceptors (Lipinski definition) is 4. The minimum atomic E-state index is -0.0969. The highest BCUT2D eigenvalue weighted by Crippen LogP contribution is 2.25. The minimum Gasteiger partial charge on any atom is -0.385 e. The first kappa shape index (κ1) is 18.5. The van der Waals surface area contributed by atoms with E-state index in [2.05, 4.69) is 10.6 Å². The van der Waals surface area contributed by atoms with Gasteiger partial charge in [0.1, 0.15) is 0 Å². The van der Waals surface area contributed by atoms with Crippen LogP contribution in [0.5, 0.6) is 0 Å². The van der Waals surface area contributed by atoms with Gasteiger partial charge in [0, 0.05) is 43.9 Å². The van der Waals surface area contributed by atoms with Crippen molar-refractivity contribution in [3.05, 3.63) is 29.3 Å². The highest BCUT2D eigenvalue weighted by molar-refractivity contribution is 5.97. The molecule has 1 fully saturated rings. The molecule has 2 aliphatic heterocycles. The number of anilines is 1. The molecule has 132 valence electrons. The van der Waals surface area contributed by atoms with Gasteiger partial charge in [-0.3, -0.25) is 9.59 Å². The van der Waals surface area contributed by atoms with Crippen molar-refractivity contribution in [2.75, 3.05) is 44.7 Å². The molecule has 2 N–H and O–H groups in total. The smallest absolute Gasteiger partial charge is 0.251 e. The predicted molar refractivity (Wildman–Crippen MR) is 94.8 cm³/mol. The Morgan fingerprint density at radius 2 is 2.04 bits per heavy atom. The standard InChI is InChI=1S/C17H23N3O3.ClH/c21-16(20-9-11-23-12-10-20)6-8-19-17(22)14-3-1-5-15-13(14)4-2-7-18-15;/h1,3,5,18H,2,4,6-12H2,(H,19,22);1H. The van der Waals surface area contributed by atoms with Gasteiger partial charge < -0.3 is 20.3 Å². The summed E-state index contributed by atoms with van der Waals surface area (Å²) >= 11 is 0. The molecular weight excluding hydrogens is 330 g/mol. The van der Waals surface area contributed by atoms with E-state index in [1.165, 1.54) is 0 Å². The van der Waals surface area contributed by atoms with Crippen LogP contribution in [-0.2, 0) is 16.0 Å². The molecule has 6 nitrogen and oxygen atoms in total. The highest BCUT2D eigenvalue weighted by Gasteiger charge is 2.19. The van der Waals surface area contributed by atoms with Crippen LogP contribution < -0.4 is 10.6 Å². The van der Waals surface area contributed by atoms with Crippen molar-refractivity contribution in [3.8, 4) is 0 Å². The van der Waals surface area contributed by atoms with Crippen molar-refractivity contribution in [3.63, 3.8) is 0 Å². The van der Waals surface area contributed by atoms with Crippen LogP contribution >= 0.6 is 12.4 Å². The van der Waals surface area contributed by atoms with Crippen LogP contribution in [0.2, 0.25) is 0 Å². The third kappa shape index (κ3) is 4.39. The molecule has 0 bridgehead atoms. The van der Waals surface area contributed by atoms with E-state index in [1.54, 1.807) is 4.90 Å². The molecule has 2 heterocycles. The summed E-state index contributed by atoms with van der Waals surface area (Å²) in [5.74, 6) is -0.0225. The highest BCUT2D eigenvalue weighted by atomic mass is 35.5. The lowest BCUT2D eigenvalue weighted by Gasteiger charge is -2.27. The third-order valence-electron chi connectivity index (χ3n) is 4.33. The molecule has 0 atom stereocenters. The van der Waals surface area contributed by atoms with Gasteiger partial charge in [-0.15, -0.1) is 12.4 Å². The van der Waals surface area contributed by atoms with Crippen molar-refractivity contribution in [1.82, 2.24) is 10.2 Å². The van der Waals surface area contributed by atoms with Crippen LogP contribution in [0, 0.1) is 0 Å². The average Bonchev–Trinajstić information content (AvgIpc) is 2.61. The number of benzene rings is 1. The molecule has 24 heavy (non-hydrogen) atoms. The first-order chi connectivity index (χ1) is 11.3. The lowest BCUT2D eigenvalue weighted by molar-refractivity contribution is -0.135. The SMILES string of the molecule is Cl.O=C(NCCC(=O)N1CCOCC1)c1cccc2c1CCCN2. The van der Waals surface area contributed by atoms with Gasteiger partial charge in [0.05, 0.1) is 13.2 Å². The number of ether oxygens (including phenoxy) is 1. The Labute approximate surface area is 148 Å². The van der Waals surface area contributed by atoms with E-state index in [-0.39, 0.29) is 24.2 Å². The maximum Gasteiger partial charge on any atom is 0.251 e. The summed E-state index contributed by atoms with van der Waals surface area (Å²) in [6, 6.07) is 5.75. The van der Waals surface area contributed by atoms with Crippen molar-refractivity contribution in [2.24, 2.45) is 0 Å². The summed E-state index contributed by atoms with van der Waals surface area (Å²) in [6.07, 6.45) is 2.28. The van der Waals surface area contributed by atoms with Gasteiger partial charge >= 0.3 is 0 Å². The van der Waals surface area contributed by atoms with Gasteiger partial charge in [0.2, 0.25) is 5.91 Å². The molecule has 0 saturated carbocycles. The van der Waals surface area contributed by atoms with Gasteiger partial charge in [0.25, 0.3) is 5.91 Å². The van der Waals surface area contributed by atoms with Crippen molar-refractivity contribution >= 4 is 29.9 Å². The number of nitrogens with zero attached hydrogens (tertiary/aromatic N) is 1. The van der Waals surface area contributed by atoms with Gasteiger partial charge in [-0.1, -0.05) is 6.07 Å². The van der Waals surface area contributed by atoms with E-state index in [1.807, 2.05) is 18.2 Å². The number of carbonyl (C=O) groups is 2. The molecule has 0 aromatic heterocycles. The largest absolute Gasteiger partial charge is 0.385 e.